The number of pyridine rings is 1. The number of nitriles is 1. The van der Waals surface area contributed by atoms with E-state index in [0.717, 1.165) is 62.2 Å². The van der Waals surface area contributed by atoms with Gasteiger partial charge in [0.05, 0.1) is 17.3 Å². The second-order valence-corrected chi connectivity index (χ2v) is 7.98. The molecular weight excluding hydrogens is 372 g/mol. The van der Waals surface area contributed by atoms with E-state index in [9.17, 15) is 5.26 Å². The first kappa shape index (κ1) is 18.7. The molecule has 2 aliphatic heterocycles. The molecule has 1 saturated heterocycles. The van der Waals surface area contributed by atoms with Gasteiger partial charge in [-0.2, -0.15) is 5.26 Å². The van der Waals surface area contributed by atoms with Crippen LogP contribution in [0.2, 0.25) is 0 Å². The number of hydrogen-bond donors (Lipinski definition) is 0. The quantitative estimate of drug-likeness (QED) is 0.672. The first-order valence-corrected chi connectivity index (χ1v) is 10.6. The van der Waals surface area contributed by atoms with Crippen molar-refractivity contribution < 1.29 is 0 Å². The lowest BCUT2D eigenvalue weighted by Crippen LogP contribution is -2.33. The van der Waals surface area contributed by atoms with Gasteiger partial charge in [0.2, 0.25) is 0 Å². The maximum absolute atomic E-state index is 9.18. The minimum absolute atomic E-state index is 0.714. The zero-order valence-electron chi connectivity index (χ0n) is 17.0. The van der Waals surface area contributed by atoms with Crippen LogP contribution in [0.15, 0.2) is 48.7 Å². The molecule has 1 fully saturated rings. The van der Waals surface area contributed by atoms with Crippen molar-refractivity contribution in [1.82, 2.24) is 19.9 Å². The summed E-state index contributed by atoms with van der Waals surface area (Å²) in [6.45, 7) is 4.71. The Kier molecular flexibility index (Phi) is 5.12. The van der Waals surface area contributed by atoms with Gasteiger partial charge < -0.3 is 4.90 Å². The third kappa shape index (κ3) is 3.77. The lowest BCUT2D eigenvalue weighted by atomic mass is 10.0. The number of hydrogen-bond acceptors (Lipinski definition) is 6. The fourth-order valence-electron chi connectivity index (χ4n) is 4.39. The Labute approximate surface area is 176 Å². The third-order valence-electron chi connectivity index (χ3n) is 5.88. The zero-order valence-corrected chi connectivity index (χ0v) is 17.0. The average Bonchev–Trinajstić information content (AvgIpc) is 3.34. The average molecular weight is 396 g/mol. The molecule has 0 aliphatic carbocycles. The fourth-order valence-corrected chi connectivity index (χ4v) is 4.39. The van der Waals surface area contributed by atoms with Crippen molar-refractivity contribution in [3.8, 4) is 17.6 Å². The molecule has 5 rings (SSSR count). The molecule has 4 heterocycles. The molecule has 1 aromatic carbocycles. The number of benzene rings is 1. The van der Waals surface area contributed by atoms with Gasteiger partial charge >= 0.3 is 0 Å². The SMILES string of the molecule is N#Cc1cccc(CN2CCc3nc(-c4ccccn4)nc(N4CCCC4)c3C2)c1. The molecule has 2 aromatic heterocycles. The molecule has 0 amide bonds. The smallest absolute Gasteiger partial charge is 0.180 e. The molecule has 0 bridgehead atoms. The predicted molar refractivity (Wildman–Crippen MR) is 116 cm³/mol. The first-order valence-electron chi connectivity index (χ1n) is 10.6. The topological polar surface area (TPSA) is 68.9 Å². The molecule has 2 aliphatic rings. The molecule has 3 aromatic rings. The van der Waals surface area contributed by atoms with Gasteiger partial charge in [-0.15, -0.1) is 0 Å². The first-order chi connectivity index (χ1) is 14.8. The summed E-state index contributed by atoms with van der Waals surface area (Å²) in [5, 5.41) is 9.18. The summed E-state index contributed by atoms with van der Waals surface area (Å²) in [5.74, 6) is 1.81. The molecular formula is C24H24N6. The molecule has 0 saturated carbocycles. The van der Waals surface area contributed by atoms with Crippen LogP contribution in [0.3, 0.4) is 0 Å². The Morgan fingerprint density at radius 1 is 1.00 bits per heavy atom. The highest BCUT2D eigenvalue weighted by Crippen LogP contribution is 2.31. The second-order valence-electron chi connectivity index (χ2n) is 7.98. The van der Waals surface area contributed by atoms with Crippen molar-refractivity contribution in [3.63, 3.8) is 0 Å². The fraction of sp³-hybridized carbons (Fsp3) is 0.333. The van der Waals surface area contributed by atoms with Crippen molar-refractivity contribution >= 4 is 5.82 Å². The van der Waals surface area contributed by atoms with Crippen LogP contribution in [0.5, 0.6) is 0 Å². The summed E-state index contributed by atoms with van der Waals surface area (Å²) in [5.41, 5.74) is 5.11. The maximum atomic E-state index is 9.18. The monoisotopic (exact) mass is 396 g/mol. The Balaban J connectivity index is 1.47. The van der Waals surface area contributed by atoms with Crippen LogP contribution < -0.4 is 4.90 Å². The van der Waals surface area contributed by atoms with Gasteiger partial charge in [0.25, 0.3) is 0 Å². The van der Waals surface area contributed by atoms with E-state index in [1.54, 1.807) is 6.20 Å². The minimum Gasteiger partial charge on any atom is -0.356 e. The minimum atomic E-state index is 0.714. The summed E-state index contributed by atoms with van der Waals surface area (Å²) in [6.07, 6.45) is 5.12. The molecule has 0 spiro atoms. The number of fused-ring (bicyclic) bond motifs is 1. The van der Waals surface area contributed by atoms with Gasteiger partial charge in [0.15, 0.2) is 5.82 Å². The van der Waals surface area contributed by atoms with Crippen LogP contribution in [0, 0.1) is 11.3 Å². The van der Waals surface area contributed by atoms with Crippen molar-refractivity contribution in [2.24, 2.45) is 0 Å². The van der Waals surface area contributed by atoms with E-state index in [-0.39, 0.29) is 0 Å². The van der Waals surface area contributed by atoms with E-state index < -0.39 is 0 Å². The molecule has 0 N–H and O–H groups in total. The summed E-state index contributed by atoms with van der Waals surface area (Å²) >= 11 is 0. The van der Waals surface area contributed by atoms with Gasteiger partial charge in [-0.3, -0.25) is 9.88 Å². The number of nitrogens with zero attached hydrogens (tertiary/aromatic N) is 6. The van der Waals surface area contributed by atoms with Crippen LogP contribution >= 0.6 is 0 Å². The van der Waals surface area contributed by atoms with Crippen LogP contribution in [-0.2, 0) is 19.5 Å². The van der Waals surface area contributed by atoms with Crippen molar-refractivity contribution in [2.45, 2.75) is 32.4 Å². The molecule has 30 heavy (non-hydrogen) atoms. The van der Waals surface area contributed by atoms with Gasteiger partial charge in [0.1, 0.15) is 11.5 Å². The lowest BCUT2D eigenvalue weighted by Gasteiger charge is -2.31. The molecule has 6 heteroatoms. The summed E-state index contributed by atoms with van der Waals surface area (Å²) in [6, 6.07) is 16.0. The van der Waals surface area contributed by atoms with Crippen molar-refractivity contribution in [1.29, 1.82) is 5.26 Å². The van der Waals surface area contributed by atoms with E-state index in [1.165, 1.54) is 24.0 Å². The standard InChI is InChI=1S/C24H24N6/c25-15-18-6-5-7-19(14-18)16-29-13-9-21-20(17-29)24(30-11-3-4-12-30)28-23(27-21)22-8-1-2-10-26-22/h1-2,5-8,10,14H,3-4,9,11-13,16-17H2. The molecule has 150 valence electrons. The van der Waals surface area contributed by atoms with Crippen molar-refractivity contribution in [3.05, 3.63) is 71.0 Å². The highest BCUT2D eigenvalue weighted by molar-refractivity contribution is 5.58. The Hall–Kier alpha value is -3.30. The second kappa shape index (κ2) is 8.21. The number of aromatic nitrogens is 3. The largest absolute Gasteiger partial charge is 0.356 e. The van der Waals surface area contributed by atoms with E-state index in [0.29, 0.717) is 5.56 Å². The molecule has 0 atom stereocenters. The molecule has 0 radical (unpaired) electrons. The van der Waals surface area contributed by atoms with Crippen LogP contribution in [-0.4, -0.2) is 39.5 Å². The Bertz CT molecular complexity index is 1080. The molecule has 6 nitrogen and oxygen atoms in total. The highest BCUT2D eigenvalue weighted by Gasteiger charge is 2.27. The number of rotatable bonds is 4. The van der Waals surface area contributed by atoms with Crippen LogP contribution in [0.25, 0.3) is 11.5 Å². The van der Waals surface area contributed by atoms with Gasteiger partial charge in [-0.1, -0.05) is 18.2 Å². The maximum Gasteiger partial charge on any atom is 0.180 e. The summed E-state index contributed by atoms with van der Waals surface area (Å²) in [4.78, 5) is 19.2. The normalized spacial score (nSPS) is 16.3. The van der Waals surface area contributed by atoms with Crippen LogP contribution in [0.4, 0.5) is 5.82 Å². The summed E-state index contributed by atoms with van der Waals surface area (Å²) in [7, 11) is 0. The number of anilines is 1. The van der Waals surface area contributed by atoms with E-state index in [4.69, 9.17) is 9.97 Å². The van der Waals surface area contributed by atoms with Gasteiger partial charge in [0, 0.05) is 50.9 Å². The van der Waals surface area contributed by atoms with E-state index in [1.807, 2.05) is 36.4 Å². The van der Waals surface area contributed by atoms with Crippen LogP contribution in [0.1, 0.15) is 35.2 Å². The predicted octanol–water partition coefficient (Wildman–Crippen LogP) is 3.57. The Morgan fingerprint density at radius 2 is 1.90 bits per heavy atom. The van der Waals surface area contributed by atoms with E-state index in [2.05, 4.69) is 26.9 Å². The van der Waals surface area contributed by atoms with E-state index >= 15 is 0 Å². The lowest BCUT2D eigenvalue weighted by molar-refractivity contribution is 0.243. The highest BCUT2D eigenvalue weighted by atomic mass is 15.2. The zero-order chi connectivity index (χ0) is 20.3. The van der Waals surface area contributed by atoms with Crippen molar-refractivity contribution in [2.75, 3.05) is 24.5 Å². The summed E-state index contributed by atoms with van der Waals surface area (Å²) < 4.78 is 0. The Morgan fingerprint density at radius 3 is 2.70 bits per heavy atom. The van der Waals surface area contributed by atoms with Gasteiger partial charge in [-0.05, 0) is 42.7 Å². The molecule has 0 unspecified atom stereocenters. The van der Waals surface area contributed by atoms with Gasteiger partial charge in [-0.25, -0.2) is 9.97 Å². The third-order valence-corrected chi connectivity index (χ3v) is 5.88.